The minimum absolute atomic E-state index is 0.0877. The molecule has 0 aliphatic carbocycles. The molecule has 0 saturated heterocycles. The van der Waals surface area contributed by atoms with Gasteiger partial charge in [-0.1, -0.05) is 30.3 Å². The molecule has 0 atom stereocenters. The van der Waals surface area contributed by atoms with Crippen LogP contribution in [0.2, 0.25) is 0 Å². The third-order valence-electron chi connectivity index (χ3n) is 3.27. The zero-order valence-corrected chi connectivity index (χ0v) is 14.4. The van der Waals surface area contributed by atoms with Gasteiger partial charge in [0.25, 0.3) is 0 Å². The van der Waals surface area contributed by atoms with Gasteiger partial charge < -0.3 is 4.74 Å². The van der Waals surface area contributed by atoms with Gasteiger partial charge in [0.15, 0.2) is 5.78 Å². The first kappa shape index (κ1) is 18.7. The summed E-state index contributed by atoms with van der Waals surface area (Å²) in [6.07, 6.45) is -0.820. The van der Waals surface area contributed by atoms with Gasteiger partial charge in [-0.05, 0) is 30.7 Å². The largest absolute Gasteiger partial charge is 0.449 e. The average Bonchev–Trinajstić information content (AvgIpc) is 2.60. The number of carbonyl (C=O) groups is 2. The van der Waals surface area contributed by atoms with Crippen molar-refractivity contribution in [3.05, 3.63) is 65.5 Å². The third kappa shape index (κ3) is 5.42. The van der Waals surface area contributed by atoms with Crippen LogP contribution in [-0.2, 0) is 4.74 Å². The van der Waals surface area contributed by atoms with E-state index in [2.05, 4.69) is 23.2 Å². The second-order valence-electron chi connectivity index (χ2n) is 5.01. The summed E-state index contributed by atoms with van der Waals surface area (Å²) in [6, 6.07) is 12.4. The molecule has 0 radical (unpaired) electrons. The number of nitrogens with one attached hydrogen (secondary N) is 1. The SMILES string of the molecule is CCOC(=O)N/N=C(\CC(=O)c1ccccc1S)c1ccc(F)cc1. The van der Waals surface area contributed by atoms with Crippen molar-refractivity contribution in [2.45, 2.75) is 18.2 Å². The number of amides is 1. The first-order valence-electron chi connectivity index (χ1n) is 7.57. The Morgan fingerprint density at radius 1 is 1.16 bits per heavy atom. The van der Waals surface area contributed by atoms with Gasteiger partial charge in [0.05, 0.1) is 18.7 Å². The van der Waals surface area contributed by atoms with E-state index in [-0.39, 0.29) is 24.5 Å². The number of rotatable bonds is 6. The highest BCUT2D eigenvalue weighted by molar-refractivity contribution is 7.80. The number of halogens is 1. The van der Waals surface area contributed by atoms with Crippen LogP contribution in [0.4, 0.5) is 9.18 Å². The van der Waals surface area contributed by atoms with Crippen LogP contribution >= 0.6 is 12.6 Å². The monoisotopic (exact) mass is 360 g/mol. The van der Waals surface area contributed by atoms with Crippen molar-refractivity contribution in [1.82, 2.24) is 5.43 Å². The van der Waals surface area contributed by atoms with Crippen LogP contribution in [0.1, 0.15) is 29.3 Å². The molecule has 2 aromatic rings. The zero-order valence-electron chi connectivity index (χ0n) is 13.5. The second-order valence-corrected chi connectivity index (χ2v) is 5.50. The van der Waals surface area contributed by atoms with Crippen molar-refractivity contribution in [2.75, 3.05) is 6.61 Å². The molecule has 5 nitrogen and oxygen atoms in total. The highest BCUT2D eigenvalue weighted by atomic mass is 32.1. The van der Waals surface area contributed by atoms with E-state index in [1.807, 2.05) is 0 Å². The number of thiol groups is 1. The van der Waals surface area contributed by atoms with Crippen LogP contribution in [0.15, 0.2) is 58.5 Å². The molecule has 1 amide bonds. The second kappa shape index (κ2) is 8.98. The van der Waals surface area contributed by atoms with Crippen molar-refractivity contribution in [2.24, 2.45) is 5.10 Å². The minimum atomic E-state index is -0.732. The Labute approximate surface area is 150 Å². The molecule has 2 aromatic carbocycles. The molecular formula is C18H17FN2O3S. The van der Waals surface area contributed by atoms with Crippen molar-refractivity contribution in [3.8, 4) is 0 Å². The normalized spacial score (nSPS) is 11.1. The van der Waals surface area contributed by atoms with E-state index in [0.717, 1.165) is 0 Å². The quantitative estimate of drug-likeness (QED) is 0.356. The van der Waals surface area contributed by atoms with Crippen molar-refractivity contribution in [3.63, 3.8) is 0 Å². The van der Waals surface area contributed by atoms with Crippen molar-refractivity contribution >= 4 is 30.2 Å². The number of benzene rings is 2. The number of hydrogen-bond donors (Lipinski definition) is 2. The summed E-state index contributed by atoms with van der Waals surface area (Å²) in [5.41, 5.74) is 3.47. The Bertz CT molecular complexity index is 791. The molecule has 7 heteroatoms. The molecule has 0 bridgehead atoms. The molecule has 0 aliphatic heterocycles. The third-order valence-corrected chi connectivity index (χ3v) is 3.66. The number of nitrogens with zero attached hydrogens (tertiary/aromatic N) is 1. The number of ether oxygens (including phenoxy) is 1. The lowest BCUT2D eigenvalue weighted by atomic mass is 10.0. The fourth-order valence-corrected chi connectivity index (χ4v) is 2.37. The van der Waals surface area contributed by atoms with E-state index in [0.29, 0.717) is 16.0 Å². The Balaban J connectivity index is 2.26. The van der Waals surface area contributed by atoms with Gasteiger partial charge in [-0.3, -0.25) is 4.79 Å². The smallest absolute Gasteiger partial charge is 0.427 e. The number of ketones is 1. The fraction of sp³-hybridized carbons (Fsp3) is 0.167. The zero-order chi connectivity index (χ0) is 18.2. The van der Waals surface area contributed by atoms with E-state index < -0.39 is 11.9 Å². The van der Waals surface area contributed by atoms with Crippen LogP contribution in [0.5, 0.6) is 0 Å². The predicted molar refractivity (Wildman–Crippen MR) is 95.7 cm³/mol. The molecular weight excluding hydrogens is 343 g/mol. The summed E-state index contributed by atoms with van der Waals surface area (Å²) >= 11 is 4.27. The lowest BCUT2D eigenvalue weighted by Crippen LogP contribution is -2.22. The molecule has 0 fully saturated rings. The fourth-order valence-electron chi connectivity index (χ4n) is 2.08. The average molecular weight is 360 g/mol. The predicted octanol–water partition coefficient (Wildman–Crippen LogP) is 3.84. The first-order valence-corrected chi connectivity index (χ1v) is 8.02. The number of carbonyl (C=O) groups excluding carboxylic acids is 2. The Hall–Kier alpha value is -2.67. The summed E-state index contributed by atoms with van der Waals surface area (Å²) in [5.74, 6) is -0.632. The van der Waals surface area contributed by atoms with Crippen LogP contribution in [0, 0.1) is 5.82 Å². The van der Waals surface area contributed by atoms with Gasteiger partial charge in [-0.2, -0.15) is 5.10 Å². The Kier molecular flexibility index (Phi) is 6.71. The maximum atomic E-state index is 13.1. The number of hydrazone groups is 1. The first-order chi connectivity index (χ1) is 12.0. The van der Waals surface area contributed by atoms with E-state index in [9.17, 15) is 14.0 Å². The van der Waals surface area contributed by atoms with E-state index >= 15 is 0 Å². The molecule has 0 spiro atoms. The highest BCUT2D eigenvalue weighted by Gasteiger charge is 2.15. The summed E-state index contributed by atoms with van der Waals surface area (Å²) in [4.78, 5) is 24.5. The van der Waals surface area contributed by atoms with Gasteiger partial charge >= 0.3 is 6.09 Å². The van der Waals surface area contributed by atoms with E-state index in [1.54, 1.807) is 31.2 Å². The van der Waals surface area contributed by atoms with E-state index in [4.69, 9.17) is 4.74 Å². The summed E-state index contributed by atoms with van der Waals surface area (Å²) in [6.45, 7) is 1.86. The standard InChI is InChI=1S/C18H17FN2O3S/c1-2-24-18(23)21-20-15(12-7-9-13(19)10-8-12)11-16(22)14-5-3-4-6-17(14)25/h3-10,25H,2,11H2,1H3,(H,21,23)/b20-15+. The van der Waals surface area contributed by atoms with Gasteiger partial charge in [0.1, 0.15) is 5.82 Å². The van der Waals surface area contributed by atoms with Crippen LogP contribution in [-0.4, -0.2) is 24.2 Å². The Morgan fingerprint density at radius 3 is 2.48 bits per heavy atom. The van der Waals surface area contributed by atoms with Gasteiger partial charge in [-0.25, -0.2) is 14.6 Å². The number of Topliss-reactive ketones (excluding diaryl/α,β-unsaturated/α-hetero) is 1. The maximum absolute atomic E-state index is 13.1. The van der Waals surface area contributed by atoms with Gasteiger partial charge in [0, 0.05) is 10.5 Å². The van der Waals surface area contributed by atoms with Crippen LogP contribution in [0.3, 0.4) is 0 Å². The van der Waals surface area contributed by atoms with Gasteiger partial charge in [0.2, 0.25) is 0 Å². The van der Waals surface area contributed by atoms with Crippen LogP contribution in [0.25, 0.3) is 0 Å². The minimum Gasteiger partial charge on any atom is -0.449 e. The van der Waals surface area contributed by atoms with Crippen LogP contribution < -0.4 is 5.43 Å². The van der Waals surface area contributed by atoms with Gasteiger partial charge in [-0.15, -0.1) is 12.6 Å². The number of hydrogen-bond acceptors (Lipinski definition) is 5. The topological polar surface area (TPSA) is 67.8 Å². The highest BCUT2D eigenvalue weighted by Crippen LogP contribution is 2.17. The molecule has 0 saturated carbocycles. The molecule has 130 valence electrons. The summed E-state index contributed by atoms with van der Waals surface area (Å²) < 4.78 is 17.9. The Morgan fingerprint density at radius 2 is 1.84 bits per heavy atom. The maximum Gasteiger partial charge on any atom is 0.427 e. The lowest BCUT2D eigenvalue weighted by molar-refractivity contribution is 0.0997. The van der Waals surface area contributed by atoms with E-state index in [1.165, 1.54) is 24.3 Å². The molecule has 25 heavy (non-hydrogen) atoms. The molecule has 2 rings (SSSR count). The summed E-state index contributed by atoms with van der Waals surface area (Å²) in [5, 5.41) is 3.96. The lowest BCUT2D eigenvalue weighted by Gasteiger charge is -2.09. The molecule has 0 aliphatic rings. The van der Waals surface area contributed by atoms with Crippen molar-refractivity contribution < 1.29 is 18.7 Å². The summed E-state index contributed by atoms with van der Waals surface area (Å²) in [7, 11) is 0. The molecule has 0 heterocycles. The molecule has 1 N–H and O–H groups in total. The van der Waals surface area contributed by atoms with Crippen molar-refractivity contribution in [1.29, 1.82) is 0 Å². The molecule has 0 unspecified atom stereocenters. The molecule has 0 aromatic heterocycles.